The number of aryl methyl sites for hydroxylation is 1. The molecule has 1 unspecified atom stereocenters. The smallest absolute Gasteiger partial charge is 0.192 e. The SMILES string of the molecule is C=CCNC(=NCc1nnc(C)n1C)NC1CCN(c2ccccc2)C1. The summed E-state index contributed by atoms with van der Waals surface area (Å²) in [6, 6.07) is 10.9. The van der Waals surface area contributed by atoms with E-state index in [1.807, 2.05) is 30.7 Å². The van der Waals surface area contributed by atoms with E-state index in [0.717, 1.165) is 37.1 Å². The van der Waals surface area contributed by atoms with E-state index in [2.05, 4.69) is 61.6 Å². The van der Waals surface area contributed by atoms with Crippen molar-refractivity contribution in [2.45, 2.75) is 25.9 Å². The Labute approximate surface area is 154 Å². The predicted molar refractivity (Wildman–Crippen MR) is 105 cm³/mol. The zero-order chi connectivity index (χ0) is 18.4. The number of rotatable bonds is 6. The van der Waals surface area contributed by atoms with Crippen LogP contribution in [0, 0.1) is 6.92 Å². The van der Waals surface area contributed by atoms with Gasteiger partial charge in [0, 0.05) is 38.4 Å². The van der Waals surface area contributed by atoms with Gasteiger partial charge < -0.3 is 20.1 Å². The van der Waals surface area contributed by atoms with Crippen LogP contribution >= 0.6 is 0 Å². The van der Waals surface area contributed by atoms with Gasteiger partial charge in [0.15, 0.2) is 11.8 Å². The minimum Gasteiger partial charge on any atom is -0.369 e. The Bertz CT molecular complexity index is 751. The molecule has 1 saturated heterocycles. The molecule has 1 aromatic heterocycles. The fraction of sp³-hybridized carbons (Fsp3) is 0.421. The summed E-state index contributed by atoms with van der Waals surface area (Å²) < 4.78 is 1.96. The topological polar surface area (TPSA) is 70.4 Å². The van der Waals surface area contributed by atoms with Gasteiger partial charge in [-0.3, -0.25) is 0 Å². The molecule has 0 spiro atoms. The Balaban J connectivity index is 1.62. The van der Waals surface area contributed by atoms with Crippen LogP contribution in [0.15, 0.2) is 48.0 Å². The molecular weight excluding hydrogens is 326 g/mol. The van der Waals surface area contributed by atoms with Crippen molar-refractivity contribution < 1.29 is 0 Å². The number of hydrogen-bond donors (Lipinski definition) is 2. The number of aromatic nitrogens is 3. The van der Waals surface area contributed by atoms with Crippen LogP contribution in [0.5, 0.6) is 0 Å². The molecule has 0 radical (unpaired) electrons. The van der Waals surface area contributed by atoms with Gasteiger partial charge in [-0.2, -0.15) is 0 Å². The van der Waals surface area contributed by atoms with Crippen molar-refractivity contribution in [3.63, 3.8) is 0 Å². The highest BCUT2D eigenvalue weighted by atomic mass is 15.3. The Hall–Kier alpha value is -2.83. The largest absolute Gasteiger partial charge is 0.369 e. The quantitative estimate of drug-likeness (QED) is 0.469. The van der Waals surface area contributed by atoms with E-state index in [-0.39, 0.29) is 0 Å². The van der Waals surface area contributed by atoms with Crippen molar-refractivity contribution in [3.05, 3.63) is 54.6 Å². The molecule has 138 valence electrons. The van der Waals surface area contributed by atoms with Gasteiger partial charge in [0.2, 0.25) is 0 Å². The number of anilines is 1. The number of para-hydroxylation sites is 1. The molecule has 1 aliphatic heterocycles. The van der Waals surface area contributed by atoms with Crippen LogP contribution in [-0.2, 0) is 13.6 Å². The van der Waals surface area contributed by atoms with Crippen LogP contribution in [0.3, 0.4) is 0 Å². The number of nitrogens with one attached hydrogen (secondary N) is 2. The van der Waals surface area contributed by atoms with Gasteiger partial charge in [0.05, 0.1) is 0 Å². The van der Waals surface area contributed by atoms with Crippen LogP contribution in [-0.4, -0.2) is 46.4 Å². The van der Waals surface area contributed by atoms with Crippen LogP contribution < -0.4 is 15.5 Å². The van der Waals surface area contributed by atoms with E-state index in [1.54, 1.807) is 0 Å². The maximum absolute atomic E-state index is 4.67. The fourth-order valence-electron chi connectivity index (χ4n) is 3.00. The second-order valence-electron chi connectivity index (χ2n) is 6.47. The molecule has 7 heteroatoms. The third-order valence-electron chi connectivity index (χ3n) is 4.63. The molecule has 0 bridgehead atoms. The lowest BCUT2D eigenvalue weighted by molar-refractivity contribution is 0.649. The lowest BCUT2D eigenvalue weighted by atomic mass is 10.3. The molecule has 7 nitrogen and oxygen atoms in total. The Morgan fingerprint density at radius 2 is 2.15 bits per heavy atom. The molecule has 26 heavy (non-hydrogen) atoms. The lowest BCUT2D eigenvalue weighted by Gasteiger charge is -2.20. The highest BCUT2D eigenvalue weighted by molar-refractivity contribution is 5.80. The van der Waals surface area contributed by atoms with E-state index < -0.39 is 0 Å². The number of nitrogens with zero attached hydrogens (tertiary/aromatic N) is 5. The van der Waals surface area contributed by atoms with E-state index in [9.17, 15) is 0 Å². The first-order chi connectivity index (χ1) is 12.7. The maximum Gasteiger partial charge on any atom is 0.192 e. The number of aliphatic imine (C=N–C) groups is 1. The number of guanidine groups is 1. The normalized spacial score (nSPS) is 17.4. The summed E-state index contributed by atoms with van der Waals surface area (Å²) in [5, 5.41) is 15.1. The van der Waals surface area contributed by atoms with Crippen LogP contribution in [0.2, 0.25) is 0 Å². The van der Waals surface area contributed by atoms with E-state index >= 15 is 0 Å². The van der Waals surface area contributed by atoms with Gasteiger partial charge >= 0.3 is 0 Å². The van der Waals surface area contributed by atoms with Gasteiger partial charge in [0.25, 0.3) is 0 Å². The summed E-state index contributed by atoms with van der Waals surface area (Å²) in [6.07, 6.45) is 2.90. The van der Waals surface area contributed by atoms with Gasteiger partial charge in [-0.1, -0.05) is 24.3 Å². The Kier molecular flexibility index (Phi) is 5.88. The van der Waals surface area contributed by atoms with E-state index in [4.69, 9.17) is 0 Å². The first-order valence-electron chi connectivity index (χ1n) is 8.98. The molecule has 1 atom stereocenters. The second kappa shape index (κ2) is 8.51. The minimum absolute atomic E-state index is 0.354. The van der Waals surface area contributed by atoms with Crippen molar-refractivity contribution in [1.29, 1.82) is 0 Å². The maximum atomic E-state index is 4.67. The molecule has 0 saturated carbocycles. The molecule has 1 aliphatic rings. The zero-order valence-corrected chi connectivity index (χ0v) is 15.5. The van der Waals surface area contributed by atoms with Crippen LogP contribution in [0.4, 0.5) is 5.69 Å². The second-order valence-corrected chi connectivity index (χ2v) is 6.47. The van der Waals surface area contributed by atoms with Crippen LogP contribution in [0.25, 0.3) is 0 Å². The molecule has 2 aromatic rings. The molecule has 1 fully saturated rings. The molecule has 0 aliphatic carbocycles. The standard InChI is InChI=1S/C19H27N7/c1-4-11-20-19(21-13-18-24-23-15(2)25(18)3)22-16-10-12-26(14-16)17-8-6-5-7-9-17/h4-9,16H,1,10-14H2,2-3H3,(H2,20,21,22). The first kappa shape index (κ1) is 18.0. The van der Waals surface area contributed by atoms with Crippen molar-refractivity contribution in [3.8, 4) is 0 Å². The first-order valence-corrected chi connectivity index (χ1v) is 8.98. The molecule has 1 aromatic carbocycles. The predicted octanol–water partition coefficient (Wildman–Crippen LogP) is 1.62. The van der Waals surface area contributed by atoms with E-state index in [1.165, 1.54) is 5.69 Å². The van der Waals surface area contributed by atoms with Gasteiger partial charge in [-0.15, -0.1) is 16.8 Å². The summed E-state index contributed by atoms with van der Waals surface area (Å²) in [5.41, 5.74) is 1.27. The van der Waals surface area contributed by atoms with Crippen molar-refractivity contribution in [2.24, 2.45) is 12.0 Å². The average molecular weight is 353 g/mol. The molecule has 2 N–H and O–H groups in total. The molecular formula is C19H27N7. The minimum atomic E-state index is 0.354. The molecule has 2 heterocycles. The third kappa shape index (κ3) is 4.41. The molecule has 0 amide bonds. The van der Waals surface area contributed by atoms with Crippen molar-refractivity contribution >= 4 is 11.6 Å². The lowest BCUT2D eigenvalue weighted by Crippen LogP contribution is -2.44. The van der Waals surface area contributed by atoms with Crippen LogP contribution in [0.1, 0.15) is 18.1 Å². The summed E-state index contributed by atoms with van der Waals surface area (Å²) >= 11 is 0. The number of benzene rings is 1. The van der Waals surface area contributed by atoms with Gasteiger partial charge in [0.1, 0.15) is 12.4 Å². The summed E-state index contributed by atoms with van der Waals surface area (Å²) in [4.78, 5) is 7.07. The highest BCUT2D eigenvalue weighted by Gasteiger charge is 2.23. The summed E-state index contributed by atoms with van der Waals surface area (Å²) in [6.45, 7) is 8.86. The fourth-order valence-corrected chi connectivity index (χ4v) is 3.00. The van der Waals surface area contributed by atoms with Crippen molar-refractivity contribution in [2.75, 3.05) is 24.5 Å². The summed E-state index contributed by atoms with van der Waals surface area (Å²) in [7, 11) is 1.96. The average Bonchev–Trinajstić information content (AvgIpc) is 3.26. The molecule has 3 rings (SSSR count). The van der Waals surface area contributed by atoms with Crippen molar-refractivity contribution in [1.82, 2.24) is 25.4 Å². The zero-order valence-electron chi connectivity index (χ0n) is 15.5. The number of hydrogen-bond acceptors (Lipinski definition) is 4. The Morgan fingerprint density at radius 1 is 1.35 bits per heavy atom. The van der Waals surface area contributed by atoms with Gasteiger partial charge in [-0.05, 0) is 25.5 Å². The highest BCUT2D eigenvalue weighted by Crippen LogP contribution is 2.19. The third-order valence-corrected chi connectivity index (χ3v) is 4.63. The Morgan fingerprint density at radius 3 is 2.85 bits per heavy atom. The summed E-state index contributed by atoms with van der Waals surface area (Å²) in [5.74, 6) is 2.52. The monoisotopic (exact) mass is 353 g/mol. The van der Waals surface area contributed by atoms with E-state index in [0.29, 0.717) is 19.1 Å². The van der Waals surface area contributed by atoms with Gasteiger partial charge in [-0.25, -0.2) is 4.99 Å².